The van der Waals surface area contributed by atoms with Crippen molar-refractivity contribution in [3.63, 3.8) is 0 Å². The van der Waals surface area contributed by atoms with Gasteiger partial charge in [0.2, 0.25) is 0 Å². The Hall–Kier alpha value is -0.880. The number of carbonyl (C=O) groups excluding carboxylic acids is 1. The van der Waals surface area contributed by atoms with Crippen LogP contribution in [0.3, 0.4) is 0 Å². The van der Waals surface area contributed by atoms with Crippen LogP contribution in [0, 0.1) is 0 Å². The average molecular weight is 184 g/mol. The molecule has 3 heteroatoms. The molecule has 0 heterocycles. The molecule has 0 radical (unpaired) electrons. The second kappa shape index (κ2) is 5.73. The summed E-state index contributed by atoms with van der Waals surface area (Å²) in [4.78, 5) is 10.5. The third kappa shape index (κ3) is 4.86. The number of carbonyl (C=O) groups is 1. The minimum atomic E-state index is -0.0387. The highest BCUT2D eigenvalue weighted by atomic mass is 31.0. The summed E-state index contributed by atoms with van der Waals surface area (Å²) in [6.07, 6.45) is 6.25. The van der Waals surface area contributed by atoms with Gasteiger partial charge in [-0.05, 0) is 32.1 Å². The molecular formula is C9H13O2P. The fourth-order valence-corrected chi connectivity index (χ4v) is 0.739. The zero-order chi connectivity index (χ0) is 9.56. The Morgan fingerprint density at radius 1 is 1.33 bits per heavy atom. The lowest BCUT2D eigenvalue weighted by atomic mass is 10.3. The summed E-state index contributed by atoms with van der Waals surface area (Å²) in [7, 11) is 2.35. The lowest BCUT2D eigenvalue weighted by Gasteiger charge is -1.93. The molecule has 0 aromatic heterocycles. The molecule has 0 amide bonds. The SMILES string of the molecule is C\C=C/C(O)=C(P)\C=C\C(C)=O. The Labute approximate surface area is 74.9 Å². The Kier molecular flexibility index (Phi) is 5.31. The normalized spacial score (nSPS) is 13.9. The molecular weight excluding hydrogens is 171 g/mol. The Morgan fingerprint density at radius 3 is 2.33 bits per heavy atom. The van der Waals surface area contributed by atoms with E-state index in [2.05, 4.69) is 9.24 Å². The van der Waals surface area contributed by atoms with Crippen LogP contribution in [0.5, 0.6) is 0 Å². The van der Waals surface area contributed by atoms with Crippen LogP contribution in [0.25, 0.3) is 0 Å². The maximum atomic E-state index is 10.5. The molecule has 66 valence electrons. The van der Waals surface area contributed by atoms with Crippen molar-refractivity contribution in [2.45, 2.75) is 13.8 Å². The Bertz CT molecular complexity index is 249. The van der Waals surface area contributed by atoms with E-state index < -0.39 is 0 Å². The highest BCUT2D eigenvalue weighted by molar-refractivity contribution is 7.23. The molecule has 0 aromatic carbocycles. The summed E-state index contributed by atoms with van der Waals surface area (Å²) in [6, 6.07) is 0. The Balaban J connectivity index is 4.46. The van der Waals surface area contributed by atoms with Crippen LogP contribution in [-0.4, -0.2) is 10.9 Å². The summed E-state index contributed by atoms with van der Waals surface area (Å²) >= 11 is 0. The molecule has 0 spiro atoms. The van der Waals surface area contributed by atoms with E-state index in [1.54, 1.807) is 18.2 Å². The van der Waals surface area contributed by atoms with Gasteiger partial charge in [-0.3, -0.25) is 4.79 Å². The number of rotatable bonds is 3. The number of ketones is 1. The van der Waals surface area contributed by atoms with Crippen molar-refractivity contribution in [2.24, 2.45) is 0 Å². The van der Waals surface area contributed by atoms with Crippen molar-refractivity contribution < 1.29 is 9.90 Å². The largest absolute Gasteiger partial charge is 0.507 e. The molecule has 0 fully saturated rings. The van der Waals surface area contributed by atoms with Crippen LogP contribution in [0.4, 0.5) is 0 Å². The highest BCUT2D eigenvalue weighted by Gasteiger charge is 1.91. The molecule has 0 aliphatic heterocycles. The molecule has 0 aromatic rings. The van der Waals surface area contributed by atoms with Crippen LogP contribution < -0.4 is 0 Å². The zero-order valence-corrected chi connectivity index (χ0v) is 8.40. The quantitative estimate of drug-likeness (QED) is 0.316. The first-order chi connectivity index (χ1) is 5.57. The van der Waals surface area contributed by atoms with E-state index in [0.717, 1.165) is 0 Å². The first kappa shape index (κ1) is 11.1. The minimum Gasteiger partial charge on any atom is -0.507 e. The fraction of sp³-hybridized carbons (Fsp3) is 0.222. The lowest BCUT2D eigenvalue weighted by Crippen LogP contribution is -1.81. The predicted octanol–water partition coefficient (Wildman–Crippen LogP) is 2.35. The summed E-state index contributed by atoms with van der Waals surface area (Å²) in [5.74, 6) is 0.114. The molecule has 0 bridgehead atoms. The maximum absolute atomic E-state index is 10.5. The number of aliphatic hydroxyl groups is 1. The van der Waals surface area contributed by atoms with Gasteiger partial charge in [0.1, 0.15) is 5.76 Å². The van der Waals surface area contributed by atoms with Gasteiger partial charge < -0.3 is 5.11 Å². The molecule has 1 atom stereocenters. The second-order valence-corrected chi connectivity index (χ2v) is 2.91. The van der Waals surface area contributed by atoms with Crippen molar-refractivity contribution in [2.75, 3.05) is 0 Å². The molecule has 0 saturated carbocycles. The van der Waals surface area contributed by atoms with E-state index in [9.17, 15) is 9.90 Å². The second-order valence-electron chi connectivity index (χ2n) is 2.28. The summed E-state index contributed by atoms with van der Waals surface area (Å²) in [6.45, 7) is 3.27. The average Bonchev–Trinajstić information content (AvgIpc) is 2.00. The van der Waals surface area contributed by atoms with Crippen molar-refractivity contribution >= 4 is 15.0 Å². The molecule has 1 unspecified atom stereocenters. The minimum absolute atomic E-state index is 0.0387. The van der Waals surface area contributed by atoms with Crippen molar-refractivity contribution in [1.82, 2.24) is 0 Å². The van der Waals surface area contributed by atoms with Gasteiger partial charge in [0.25, 0.3) is 0 Å². The molecule has 0 aliphatic carbocycles. The summed E-state index contributed by atoms with van der Waals surface area (Å²) in [5.41, 5.74) is 0. The standard InChI is InChI=1S/C9H13O2P/c1-3-4-8(11)9(12)6-5-7(2)10/h3-6,11H,12H2,1-2H3/b4-3-,6-5+,9-8-. The smallest absolute Gasteiger partial charge is 0.152 e. The van der Waals surface area contributed by atoms with E-state index >= 15 is 0 Å². The molecule has 12 heavy (non-hydrogen) atoms. The van der Waals surface area contributed by atoms with Gasteiger partial charge in [0, 0.05) is 5.31 Å². The molecule has 1 N–H and O–H groups in total. The zero-order valence-electron chi connectivity index (χ0n) is 7.24. The van der Waals surface area contributed by atoms with Gasteiger partial charge in [-0.2, -0.15) is 0 Å². The monoisotopic (exact) mass is 184 g/mol. The topological polar surface area (TPSA) is 37.3 Å². The van der Waals surface area contributed by atoms with E-state index in [-0.39, 0.29) is 11.5 Å². The van der Waals surface area contributed by atoms with Crippen molar-refractivity contribution in [1.29, 1.82) is 0 Å². The van der Waals surface area contributed by atoms with Crippen molar-refractivity contribution in [3.8, 4) is 0 Å². The molecule has 0 rings (SSSR count). The first-order valence-corrected chi connectivity index (χ1v) is 4.15. The van der Waals surface area contributed by atoms with E-state index in [1.165, 1.54) is 13.0 Å². The van der Waals surface area contributed by atoms with Gasteiger partial charge in [-0.1, -0.05) is 6.08 Å². The van der Waals surface area contributed by atoms with Crippen LogP contribution in [-0.2, 0) is 4.79 Å². The van der Waals surface area contributed by atoms with Gasteiger partial charge in [-0.15, -0.1) is 9.24 Å². The van der Waals surface area contributed by atoms with Gasteiger partial charge in [0.15, 0.2) is 5.78 Å². The van der Waals surface area contributed by atoms with Gasteiger partial charge >= 0.3 is 0 Å². The highest BCUT2D eigenvalue weighted by Crippen LogP contribution is 2.12. The van der Waals surface area contributed by atoms with Gasteiger partial charge in [-0.25, -0.2) is 0 Å². The molecule has 0 saturated heterocycles. The predicted molar refractivity (Wildman–Crippen MR) is 54.0 cm³/mol. The third-order valence-corrected chi connectivity index (χ3v) is 1.61. The summed E-state index contributed by atoms with van der Waals surface area (Å²) < 4.78 is 0. The van der Waals surface area contributed by atoms with Crippen LogP contribution in [0.15, 0.2) is 35.4 Å². The van der Waals surface area contributed by atoms with Gasteiger partial charge in [0.05, 0.1) is 0 Å². The summed E-state index contributed by atoms with van der Waals surface area (Å²) in [5, 5.41) is 9.84. The lowest BCUT2D eigenvalue weighted by molar-refractivity contribution is -0.112. The molecule has 2 nitrogen and oxygen atoms in total. The Morgan fingerprint density at radius 2 is 1.92 bits per heavy atom. The fourth-order valence-electron chi connectivity index (χ4n) is 0.547. The van der Waals surface area contributed by atoms with Crippen LogP contribution >= 0.6 is 9.24 Å². The van der Waals surface area contributed by atoms with E-state index in [4.69, 9.17) is 0 Å². The first-order valence-electron chi connectivity index (χ1n) is 3.58. The number of aliphatic hydroxyl groups excluding tert-OH is 1. The third-order valence-electron chi connectivity index (χ3n) is 1.12. The van der Waals surface area contributed by atoms with Crippen LogP contribution in [0.2, 0.25) is 0 Å². The molecule has 0 aliphatic rings. The van der Waals surface area contributed by atoms with E-state index in [0.29, 0.717) is 5.31 Å². The van der Waals surface area contributed by atoms with Crippen LogP contribution in [0.1, 0.15) is 13.8 Å². The maximum Gasteiger partial charge on any atom is 0.152 e. The van der Waals surface area contributed by atoms with Crippen molar-refractivity contribution in [3.05, 3.63) is 35.4 Å². The number of allylic oxidation sites excluding steroid dienone is 5. The number of hydrogen-bond donors (Lipinski definition) is 1. The van der Waals surface area contributed by atoms with E-state index in [1.807, 2.05) is 6.92 Å². The number of hydrogen-bond acceptors (Lipinski definition) is 2.